The second kappa shape index (κ2) is 6.40. The standard InChI is InChI=1S/C17H26N2O/c1-4-14-5-7-15(8-6-14)13-17(2,3)16(20)19-11-9-18-10-12-19/h5-8,18H,4,9-13H2,1-3H3. The van der Waals surface area contributed by atoms with Crippen molar-refractivity contribution in [1.82, 2.24) is 10.2 Å². The van der Waals surface area contributed by atoms with Crippen molar-refractivity contribution < 1.29 is 4.79 Å². The first-order valence-corrected chi connectivity index (χ1v) is 7.61. The normalized spacial score (nSPS) is 16.2. The number of aryl methyl sites for hydroxylation is 1. The van der Waals surface area contributed by atoms with Crippen LogP contribution in [0.15, 0.2) is 24.3 Å². The van der Waals surface area contributed by atoms with Crippen molar-refractivity contribution in [1.29, 1.82) is 0 Å². The molecule has 0 radical (unpaired) electrons. The van der Waals surface area contributed by atoms with Crippen LogP contribution in [0.3, 0.4) is 0 Å². The fourth-order valence-corrected chi connectivity index (χ4v) is 2.77. The van der Waals surface area contributed by atoms with Crippen LogP contribution in [-0.4, -0.2) is 37.0 Å². The third-order valence-corrected chi connectivity index (χ3v) is 4.06. The van der Waals surface area contributed by atoms with Gasteiger partial charge in [0, 0.05) is 31.6 Å². The van der Waals surface area contributed by atoms with E-state index in [-0.39, 0.29) is 11.3 Å². The first kappa shape index (κ1) is 15.0. The zero-order valence-electron chi connectivity index (χ0n) is 12.9. The van der Waals surface area contributed by atoms with Crippen LogP contribution >= 0.6 is 0 Å². The molecule has 0 bridgehead atoms. The summed E-state index contributed by atoms with van der Waals surface area (Å²) in [4.78, 5) is 14.6. The molecule has 3 nitrogen and oxygen atoms in total. The largest absolute Gasteiger partial charge is 0.340 e. The zero-order chi connectivity index (χ0) is 14.6. The quantitative estimate of drug-likeness (QED) is 0.913. The minimum atomic E-state index is -0.328. The van der Waals surface area contributed by atoms with Gasteiger partial charge in [0.25, 0.3) is 0 Å². The molecule has 0 atom stereocenters. The maximum Gasteiger partial charge on any atom is 0.228 e. The molecule has 1 fully saturated rings. The molecule has 0 aromatic heterocycles. The highest BCUT2D eigenvalue weighted by molar-refractivity contribution is 5.82. The van der Waals surface area contributed by atoms with Crippen molar-refractivity contribution in [3.63, 3.8) is 0 Å². The molecular formula is C17H26N2O. The Labute approximate surface area is 122 Å². The van der Waals surface area contributed by atoms with Gasteiger partial charge in [-0.05, 0) is 24.0 Å². The van der Waals surface area contributed by atoms with Gasteiger partial charge in [0.05, 0.1) is 0 Å². The lowest BCUT2D eigenvalue weighted by Crippen LogP contribution is -2.51. The van der Waals surface area contributed by atoms with Gasteiger partial charge in [0.15, 0.2) is 0 Å². The van der Waals surface area contributed by atoms with Gasteiger partial charge in [0.1, 0.15) is 0 Å². The Morgan fingerprint density at radius 2 is 1.70 bits per heavy atom. The topological polar surface area (TPSA) is 32.3 Å². The molecule has 1 heterocycles. The number of piperazine rings is 1. The summed E-state index contributed by atoms with van der Waals surface area (Å²) in [5.41, 5.74) is 2.26. The van der Waals surface area contributed by atoms with E-state index in [9.17, 15) is 4.79 Å². The first-order chi connectivity index (χ1) is 9.53. The highest BCUT2D eigenvalue weighted by atomic mass is 16.2. The molecule has 110 valence electrons. The highest BCUT2D eigenvalue weighted by Crippen LogP contribution is 2.25. The molecule has 1 amide bonds. The molecule has 1 N–H and O–H groups in total. The number of benzene rings is 1. The zero-order valence-corrected chi connectivity index (χ0v) is 12.9. The van der Waals surface area contributed by atoms with Gasteiger partial charge in [-0.25, -0.2) is 0 Å². The van der Waals surface area contributed by atoms with Crippen molar-refractivity contribution in [3.05, 3.63) is 35.4 Å². The third kappa shape index (κ3) is 3.60. The van der Waals surface area contributed by atoms with Crippen LogP contribution in [0, 0.1) is 5.41 Å². The number of carbonyl (C=O) groups excluding carboxylic acids is 1. The Kier molecular flexibility index (Phi) is 4.81. The Hall–Kier alpha value is -1.35. The predicted octanol–water partition coefficient (Wildman–Crippen LogP) is 2.25. The number of nitrogens with one attached hydrogen (secondary N) is 1. The highest BCUT2D eigenvalue weighted by Gasteiger charge is 2.32. The molecule has 0 unspecified atom stereocenters. The van der Waals surface area contributed by atoms with E-state index in [4.69, 9.17) is 0 Å². The van der Waals surface area contributed by atoms with Gasteiger partial charge in [0.2, 0.25) is 5.91 Å². The third-order valence-electron chi connectivity index (χ3n) is 4.06. The van der Waals surface area contributed by atoms with Crippen LogP contribution in [0.2, 0.25) is 0 Å². The number of rotatable bonds is 4. The lowest BCUT2D eigenvalue weighted by Gasteiger charge is -2.34. The number of amides is 1. The number of nitrogens with zero attached hydrogens (tertiary/aromatic N) is 1. The molecule has 1 aliphatic heterocycles. The molecule has 2 rings (SSSR count). The number of hydrogen-bond donors (Lipinski definition) is 1. The lowest BCUT2D eigenvalue weighted by atomic mass is 9.84. The lowest BCUT2D eigenvalue weighted by molar-refractivity contribution is -0.140. The fourth-order valence-electron chi connectivity index (χ4n) is 2.77. The van der Waals surface area contributed by atoms with E-state index in [0.29, 0.717) is 0 Å². The van der Waals surface area contributed by atoms with E-state index in [1.54, 1.807) is 0 Å². The Morgan fingerprint density at radius 1 is 1.15 bits per heavy atom. The summed E-state index contributed by atoms with van der Waals surface area (Å²) in [6.45, 7) is 9.76. The van der Waals surface area contributed by atoms with E-state index >= 15 is 0 Å². The predicted molar refractivity (Wildman–Crippen MR) is 82.8 cm³/mol. The molecule has 0 saturated carbocycles. The van der Waals surface area contributed by atoms with Crippen LogP contribution in [0.25, 0.3) is 0 Å². The second-order valence-electron chi connectivity index (χ2n) is 6.27. The van der Waals surface area contributed by atoms with Gasteiger partial charge in [-0.3, -0.25) is 4.79 Å². The Morgan fingerprint density at radius 3 is 2.25 bits per heavy atom. The molecular weight excluding hydrogens is 248 g/mol. The van der Waals surface area contributed by atoms with Gasteiger partial charge < -0.3 is 10.2 Å². The van der Waals surface area contributed by atoms with E-state index < -0.39 is 0 Å². The summed E-state index contributed by atoms with van der Waals surface area (Å²) in [6, 6.07) is 8.65. The van der Waals surface area contributed by atoms with Gasteiger partial charge >= 0.3 is 0 Å². The van der Waals surface area contributed by atoms with Crippen molar-refractivity contribution in [2.24, 2.45) is 5.41 Å². The molecule has 0 aliphatic carbocycles. The van der Waals surface area contributed by atoms with Crippen LogP contribution in [0.5, 0.6) is 0 Å². The molecule has 20 heavy (non-hydrogen) atoms. The fraction of sp³-hybridized carbons (Fsp3) is 0.588. The van der Waals surface area contributed by atoms with E-state index in [1.807, 2.05) is 4.90 Å². The summed E-state index contributed by atoms with van der Waals surface area (Å²) in [6.07, 6.45) is 1.86. The van der Waals surface area contributed by atoms with E-state index in [0.717, 1.165) is 39.0 Å². The summed E-state index contributed by atoms with van der Waals surface area (Å²) in [5.74, 6) is 0.276. The molecule has 1 saturated heterocycles. The molecule has 0 spiro atoms. The summed E-state index contributed by atoms with van der Waals surface area (Å²) < 4.78 is 0. The molecule has 3 heteroatoms. The van der Waals surface area contributed by atoms with Crippen LogP contribution < -0.4 is 5.32 Å². The van der Waals surface area contributed by atoms with Crippen molar-refractivity contribution in [3.8, 4) is 0 Å². The Balaban J connectivity index is 2.02. The monoisotopic (exact) mass is 274 g/mol. The summed E-state index contributed by atoms with van der Waals surface area (Å²) >= 11 is 0. The van der Waals surface area contributed by atoms with Crippen LogP contribution in [-0.2, 0) is 17.6 Å². The van der Waals surface area contributed by atoms with Gasteiger partial charge in [-0.15, -0.1) is 0 Å². The average Bonchev–Trinajstić information content (AvgIpc) is 2.48. The van der Waals surface area contributed by atoms with Gasteiger partial charge in [-0.1, -0.05) is 45.0 Å². The number of carbonyl (C=O) groups is 1. The van der Waals surface area contributed by atoms with Crippen LogP contribution in [0.4, 0.5) is 0 Å². The maximum absolute atomic E-state index is 12.6. The first-order valence-electron chi connectivity index (χ1n) is 7.61. The number of hydrogen-bond acceptors (Lipinski definition) is 2. The van der Waals surface area contributed by atoms with Crippen LogP contribution in [0.1, 0.15) is 31.9 Å². The Bertz CT molecular complexity index is 445. The maximum atomic E-state index is 12.6. The van der Waals surface area contributed by atoms with E-state index in [2.05, 4.69) is 50.4 Å². The average molecular weight is 274 g/mol. The SMILES string of the molecule is CCc1ccc(CC(C)(C)C(=O)N2CCNCC2)cc1. The van der Waals surface area contributed by atoms with Crippen molar-refractivity contribution in [2.75, 3.05) is 26.2 Å². The second-order valence-corrected chi connectivity index (χ2v) is 6.27. The minimum absolute atomic E-state index is 0.276. The molecule has 1 aliphatic rings. The smallest absolute Gasteiger partial charge is 0.228 e. The van der Waals surface area contributed by atoms with Crippen molar-refractivity contribution in [2.45, 2.75) is 33.6 Å². The van der Waals surface area contributed by atoms with Gasteiger partial charge in [-0.2, -0.15) is 0 Å². The summed E-state index contributed by atoms with van der Waals surface area (Å²) in [5, 5.41) is 3.29. The minimum Gasteiger partial charge on any atom is -0.340 e. The van der Waals surface area contributed by atoms with Crippen molar-refractivity contribution >= 4 is 5.91 Å². The molecule has 1 aromatic carbocycles. The summed E-state index contributed by atoms with van der Waals surface area (Å²) in [7, 11) is 0. The molecule has 1 aromatic rings. The van der Waals surface area contributed by atoms with E-state index in [1.165, 1.54) is 11.1 Å².